The highest BCUT2D eigenvalue weighted by molar-refractivity contribution is 5.68. The lowest BCUT2D eigenvalue weighted by Crippen LogP contribution is -2.47. The van der Waals surface area contributed by atoms with E-state index in [1.54, 1.807) is 0 Å². The molecule has 3 rings (SSSR count). The predicted molar refractivity (Wildman–Crippen MR) is 103 cm³/mol. The molecule has 2 amide bonds. The average molecular weight is 402 g/mol. The van der Waals surface area contributed by atoms with Crippen molar-refractivity contribution in [2.45, 2.75) is 63.6 Å². The lowest BCUT2D eigenvalue weighted by Gasteiger charge is -2.34. The molecule has 0 radical (unpaired) electrons. The van der Waals surface area contributed by atoms with Crippen LogP contribution in [0.3, 0.4) is 0 Å². The molecule has 3 N–H and O–H groups in total. The molecule has 29 heavy (non-hydrogen) atoms. The van der Waals surface area contributed by atoms with E-state index in [-0.39, 0.29) is 30.5 Å². The van der Waals surface area contributed by atoms with Crippen LogP contribution in [0.5, 0.6) is 0 Å². The molecular weight excluding hydrogens is 376 g/mol. The van der Waals surface area contributed by atoms with E-state index in [0.717, 1.165) is 5.56 Å². The summed E-state index contributed by atoms with van der Waals surface area (Å²) >= 11 is 0. The summed E-state index contributed by atoms with van der Waals surface area (Å²) in [5, 5.41) is 18.4. The van der Waals surface area contributed by atoms with E-state index >= 15 is 0 Å². The molecule has 1 aromatic heterocycles. The Morgan fingerprint density at radius 3 is 2.66 bits per heavy atom. The SMILES string of the molecule is CC(C)c1noc([C@@H]2CC(NC(=O)O)CC[C@@H]2NC(=O)OCc2ccccc2)n1. The number of rotatable bonds is 6. The number of carbonyl (C=O) groups is 2. The summed E-state index contributed by atoms with van der Waals surface area (Å²) in [6.45, 7) is 4.09. The molecule has 0 spiro atoms. The number of hydrogen-bond acceptors (Lipinski definition) is 6. The predicted octanol–water partition coefficient (Wildman–Crippen LogP) is 3.39. The maximum Gasteiger partial charge on any atom is 0.407 e. The van der Waals surface area contributed by atoms with Crippen LogP contribution in [0.2, 0.25) is 0 Å². The first-order valence-corrected chi connectivity index (χ1v) is 9.72. The molecule has 0 bridgehead atoms. The molecule has 1 aliphatic carbocycles. The normalized spacial score (nSPS) is 21.6. The summed E-state index contributed by atoms with van der Waals surface area (Å²) in [5.41, 5.74) is 0.895. The fraction of sp³-hybridized carbons (Fsp3) is 0.500. The minimum absolute atomic E-state index is 0.103. The van der Waals surface area contributed by atoms with Crippen molar-refractivity contribution in [3.8, 4) is 0 Å². The van der Waals surface area contributed by atoms with Gasteiger partial charge in [0.1, 0.15) is 6.61 Å². The van der Waals surface area contributed by atoms with Gasteiger partial charge in [-0.3, -0.25) is 0 Å². The van der Waals surface area contributed by atoms with E-state index in [9.17, 15) is 9.59 Å². The molecule has 0 aliphatic heterocycles. The van der Waals surface area contributed by atoms with Gasteiger partial charge in [0, 0.05) is 18.0 Å². The summed E-state index contributed by atoms with van der Waals surface area (Å²) in [7, 11) is 0. The van der Waals surface area contributed by atoms with E-state index in [2.05, 4.69) is 20.8 Å². The molecule has 9 heteroatoms. The highest BCUT2D eigenvalue weighted by Gasteiger charge is 2.37. The largest absolute Gasteiger partial charge is 0.465 e. The van der Waals surface area contributed by atoms with Crippen LogP contribution in [0, 0.1) is 0 Å². The van der Waals surface area contributed by atoms with Crippen LogP contribution in [-0.2, 0) is 11.3 Å². The first-order chi connectivity index (χ1) is 13.9. The van der Waals surface area contributed by atoms with Gasteiger partial charge in [-0.1, -0.05) is 49.3 Å². The second-order valence-corrected chi connectivity index (χ2v) is 7.52. The average Bonchev–Trinajstić information content (AvgIpc) is 3.18. The fourth-order valence-corrected chi connectivity index (χ4v) is 3.47. The van der Waals surface area contributed by atoms with E-state index in [1.807, 2.05) is 44.2 Å². The Bertz CT molecular complexity index is 823. The van der Waals surface area contributed by atoms with Crippen molar-refractivity contribution >= 4 is 12.2 Å². The number of nitrogens with zero attached hydrogens (tertiary/aromatic N) is 2. The summed E-state index contributed by atoms with van der Waals surface area (Å²) < 4.78 is 10.8. The third-order valence-electron chi connectivity index (χ3n) is 4.98. The molecule has 2 aromatic rings. The molecule has 0 saturated heterocycles. The van der Waals surface area contributed by atoms with Crippen LogP contribution in [0.25, 0.3) is 0 Å². The lowest BCUT2D eigenvalue weighted by atomic mass is 9.81. The molecule has 1 saturated carbocycles. The van der Waals surface area contributed by atoms with Crippen molar-refractivity contribution in [3.05, 3.63) is 47.6 Å². The molecule has 3 atom stereocenters. The van der Waals surface area contributed by atoms with Gasteiger partial charge in [0.05, 0.1) is 5.92 Å². The molecule has 9 nitrogen and oxygen atoms in total. The summed E-state index contributed by atoms with van der Waals surface area (Å²) in [4.78, 5) is 27.8. The third-order valence-corrected chi connectivity index (χ3v) is 4.98. The fourth-order valence-electron chi connectivity index (χ4n) is 3.47. The second-order valence-electron chi connectivity index (χ2n) is 7.52. The lowest BCUT2D eigenvalue weighted by molar-refractivity contribution is 0.126. The van der Waals surface area contributed by atoms with E-state index in [4.69, 9.17) is 14.4 Å². The molecule has 156 valence electrons. The first-order valence-electron chi connectivity index (χ1n) is 9.72. The maximum absolute atomic E-state index is 12.3. The number of carboxylic acid groups (broad SMARTS) is 1. The maximum atomic E-state index is 12.3. The van der Waals surface area contributed by atoms with Crippen molar-refractivity contribution in [2.24, 2.45) is 0 Å². The van der Waals surface area contributed by atoms with Crippen molar-refractivity contribution in [1.29, 1.82) is 0 Å². The van der Waals surface area contributed by atoms with Gasteiger partial charge in [0.25, 0.3) is 0 Å². The molecule has 1 fully saturated rings. The number of nitrogens with one attached hydrogen (secondary N) is 2. The zero-order valence-corrected chi connectivity index (χ0v) is 16.5. The quantitative estimate of drug-likeness (QED) is 0.676. The van der Waals surface area contributed by atoms with Crippen LogP contribution in [0.1, 0.15) is 62.2 Å². The number of aromatic nitrogens is 2. The van der Waals surface area contributed by atoms with Gasteiger partial charge in [-0.15, -0.1) is 0 Å². The van der Waals surface area contributed by atoms with Gasteiger partial charge < -0.3 is 25.0 Å². The van der Waals surface area contributed by atoms with Crippen LogP contribution in [-0.4, -0.2) is 39.5 Å². The van der Waals surface area contributed by atoms with E-state index in [1.165, 1.54) is 0 Å². The number of ether oxygens (including phenoxy) is 1. The van der Waals surface area contributed by atoms with Crippen molar-refractivity contribution in [3.63, 3.8) is 0 Å². The van der Waals surface area contributed by atoms with Crippen LogP contribution >= 0.6 is 0 Å². The van der Waals surface area contributed by atoms with Gasteiger partial charge in [0.2, 0.25) is 5.89 Å². The summed E-state index contributed by atoms with van der Waals surface area (Å²) in [5.74, 6) is 0.786. The van der Waals surface area contributed by atoms with E-state index in [0.29, 0.717) is 31.0 Å². The Morgan fingerprint density at radius 1 is 1.24 bits per heavy atom. The standard InChI is InChI=1S/C20H26N4O5/c1-12(2)17-23-18(29-24-17)15-10-14(21-19(25)26)8-9-16(15)22-20(27)28-11-13-6-4-3-5-7-13/h3-7,12,14-16,21H,8-11H2,1-2H3,(H,22,27)(H,25,26)/t14?,15-,16+/m1/s1. The Kier molecular flexibility index (Phi) is 6.69. The smallest absolute Gasteiger partial charge is 0.407 e. The summed E-state index contributed by atoms with van der Waals surface area (Å²) in [6, 6.07) is 8.88. The Morgan fingerprint density at radius 2 is 2.00 bits per heavy atom. The first kappa shape index (κ1) is 20.6. The molecule has 1 aliphatic rings. The van der Waals surface area contributed by atoms with Gasteiger partial charge in [-0.2, -0.15) is 4.98 Å². The zero-order chi connectivity index (χ0) is 20.8. The van der Waals surface area contributed by atoms with Crippen molar-refractivity contribution < 1.29 is 24.0 Å². The minimum atomic E-state index is -1.07. The van der Waals surface area contributed by atoms with Crippen molar-refractivity contribution in [2.75, 3.05) is 0 Å². The van der Waals surface area contributed by atoms with Gasteiger partial charge >= 0.3 is 12.2 Å². The van der Waals surface area contributed by atoms with E-state index < -0.39 is 12.2 Å². The number of alkyl carbamates (subject to hydrolysis) is 1. The topological polar surface area (TPSA) is 127 Å². The number of carbonyl (C=O) groups excluding carboxylic acids is 1. The third kappa shape index (κ3) is 5.69. The molecule has 1 unspecified atom stereocenters. The second kappa shape index (κ2) is 9.40. The summed E-state index contributed by atoms with van der Waals surface area (Å²) in [6.07, 6.45) is 0.0100. The highest BCUT2D eigenvalue weighted by Crippen LogP contribution is 2.33. The van der Waals surface area contributed by atoms with Gasteiger partial charge in [-0.05, 0) is 24.8 Å². The van der Waals surface area contributed by atoms with Crippen LogP contribution in [0.15, 0.2) is 34.9 Å². The number of amides is 2. The molecule has 1 aromatic carbocycles. The Labute approximate surface area is 168 Å². The number of hydrogen-bond donors (Lipinski definition) is 3. The van der Waals surface area contributed by atoms with Gasteiger partial charge in [-0.25, -0.2) is 9.59 Å². The number of benzene rings is 1. The van der Waals surface area contributed by atoms with Crippen LogP contribution in [0.4, 0.5) is 9.59 Å². The highest BCUT2D eigenvalue weighted by atomic mass is 16.5. The monoisotopic (exact) mass is 402 g/mol. The van der Waals surface area contributed by atoms with Crippen molar-refractivity contribution in [1.82, 2.24) is 20.8 Å². The Balaban J connectivity index is 1.67. The minimum Gasteiger partial charge on any atom is -0.465 e. The van der Waals surface area contributed by atoms with Crippen LogP contribution < -0.4 is 10.6 Å². The molecule has 1 heterocycles. The van der Waals surface area contributed by atoms with Gasteiger partial charge in [0.15, 0.2) is 5.82 Å². The molecular formula is C20H26N4O5. The zero-order valence-electron chi connectivity index (χ0n) is 16.5. The Hall–Kier alpha value is -3.10.